The van der Waals surface area contributed by atoms with Crippen molar-refractivity contribution in [3.63, 3.8) is 0 Å². The van der Waals surface area contributed by atoms with Gasteiger partial charge in [0.15, 0.2) is 8.32 Å². The Hall–Kier alpha value is -1.73. The van der Waals surface area contributed by atoms with E-state index in [4.69, 9.17) is 18.6 Å². The van der Waals surface area contributed by atoms with Crippen LogP contribution >= 0.6 is 0 Å². The van der Waals surface area contributed by atoms with Crippen molar-refractivity contribution < 1.29 is 28.2 Å². The number of ether oxygens (including phenoxy) is 3. The molecule has 0 N–H and O–H groups in total. The highest BCUT2D eigenvalue weighted by Gasteiger charge is 2.49. The molecule has 2 aliphatic heterocycles. The van der Waals surface area contributed by atoms with Crippen molar-refractivity contribution in [3.05, 3.63) is 12.7 Å². The van der Waals surface area contributed by atoms with Crippen LogP contribution in [-0.4, -0.2) is 68.4 Å². The van der Waals surface area contributed by atoms with E-state index in [1.807, 2.05) is 26.8 Å². The van der Waals surface area contributed by atoms with E-state index in [1.165, 1.54) is 0 Å². The van der Waals surface area contributed by atoms with E-state index < -0.39 is 38.1 Å². The summed E-state index contributed by atoms with van der Waals surface area (Å²) in [6.07, 6.45) is 2.47. The third-order valence-electron chi connectivity index (χ3n) is 9.36. The predicted octanol–water partition coefficient (Wildman–Crippen LogP) is 7.39. The molecule has 2 fully saturated rings. The molecule has 9 heteroatoms. The second-order valence-corrected chi connectivity index (χ2v) is 19.0. The van der Waals surface area contributed by atoms with Gasteiger partial charge in [-0.25, -0.2) is 9.69 Å². The molecule has 0 aromatic rings. The number of hydrogen-bond acceptors (Lipinski definition) is 7. The van der Waals surface area contributed by atoms with Gasteiger partial charge in [-0.3, -0.25) is 4.79 Å². The lowest BCUT2D eigenvalue weighted by Crippen LogP contribution is -2.56. The van der Waals surface area contributed by atoms with E-state index in [1.54, 1.807) is 0 Å². The number of nitriles is 1. The minimum Gasteiger partial charge on any atom is -0.447 e. The average molecular weight is 593 g/mol. The molecule has 2 aliphatic rings. The van der Waals surface area contributed by atoms with Crippen LogP contribution < -0.4 is 0 Å². The van der Waals surface area contributed by atoms with Crippen LogP contribution in [0, 0.1) is 23.2 Å². The Balaban J connectivity index is 2.14. The number of nitrogens with zero attached hydrogens (tertiary/aromatic N) is 2. The first-order valence-corrected chi connectivity index (χ1v) is 17.7. The minimum atomic E-state index is -1.92. The second kappa shape index (κ2) is 15.1. The van der Waals surface area contributed by atoms with Gasteiger partial charge >= 0.3 is 6.09 Å². The number of imide groups is 1. The molecule has 0 radical (unpaired) electrons. The van der Waals surface area contributed by atoms with Crippen LogP contribution in [0.25, 0.3) is 0 Å². The lowest BCUT2D eigenvalue weighted by atomic mass is 9.81. The van der Waals surface area contributed by atoms with Crippen molar-refractivity contribution in [3.8, 4) is 6.07 Å². The zero-order valence-electron chi connectivity index (χ0n) is 27.3. The van der Waals surface area contributed by atoms with Gasteiger partial charge in [0.2, 0.25) is 0 Å². The Bertz CT molecular complexity index is 910. The molecule has 0 aromatic heterocycles. The molecule has 0 aliphatic carbocycles. The normalized spacial score (nSPS) is 27.9. The molecule has 2 amide bonds. The van der Waals surface area contributed by atoms with Crippen LogP contribution in [0.4, 0.5) is 4.79 Å². The van der Waals surface area contributed by atoms with Crippen molar-refractivity contribution in [1.82, 2.24) is 4.90 Å². The van der Waals surface area contributed by atoms with E-state index in [9.17, 15) is 14.9 Å². The van der Waals surface area contributed by atoms with Crippen LogP contribution in [-0.2, 0) is 23.4 Å². The maximum Gasteiger partial charge on any atom is 0.417 e. The number of carbonyl (C=O) groups excluding carboxylic acids is 2. The lowest BCUT2D eigenvalue weighted by Gasteiger charge is -2.48. The molecular weight excluding hydrogens is 536 g/mol. The molecule has 2 saturated heterocycles. The highest BCUT2D eigenvalue weighted by atomic mass is 28.4. The van der Waals surface area contributed by atoms with E-state index >= 15 is 0 Å². The van der Waals surface area contributed by atoms with E-state index in [2.05, 4.69) is 61.1 Å². The van der Waals surface area contributed by atoms with Crippen LogP contribution in [0.3, 0.4) is 0 Å². The molecule has 0 bridgehead atoms. The summed E-state index contributed by atoms with van der Waals surface area (Å²) in [7, 11) is -1.92. The summed E-state index contributed by atoms with van der Waals surface area (Å²) < 4.78 is 25.1. The summed E-state index contributed by atoms with van der Waals surface area (Å²) in [4.78, 5) is 27.1. The van der Waals surface area contributed by atoms with Gasteiger partial charge in [0.25, 0.3) is 5.91 Å². The quantitative estimate of drug-likeness (QED) is 0.111. The fourth-order valence-electron chi connectivity index (χ4n) is 7.13. The summed E-state index contributed by atoms with van der Waals surface area (Å²) >= 11 is 0. The number of rotatable bonds is 15. The maximum absolute atomic E-state index is 13.5. The van der Waals surface area contributed by atoms with Gasteiger partial charge in [0.1, 0.15) is 12.7 Å². The summed E-state index contributed by atoms with van der Waals surface area (Å²) in [6.45, 7) is 26.7. The Morgan fingerprint density at radius 1 is 1.20 bits per heavy atom. The van der Waals surface area contributed by atoms with Gasteiger partial charge in [-0.15, -0.1) is 6.58 Å². The van der Waals surface area contributed by atoms with E-state index in [-0.39, 0.29) is 37.0 Å². The molecule has 0 aromatic carbocycles. The second-order valence-electron chi connectivity index (χ2n) is 13.6. The summed E-state index contributed by atoms with van der Waals surface area (Å²) in [6, 6.07) is 1.70. The maximum atomic E-state index is 13.5. The summed E-state index contributed by atoms with van der Waals surface area (Å²) in [5.41, 5.74) is 0.915. The molecule has 234 valence electrons. The Labute approximate surface area is 250 Å². The summed E-state index contributed by atoms with van der Waals surface area (Å²) in [5.74, 6) is -0.316. The van der Waals surface area contributed by atoms with Gasteiger partial charge in [-0.2, -0.15) is 5.26 Å². The van der Waals surface area contributed by atoms with Crippen LogP contribution in [0.1, 0.15) is 101 Å². The van der Waals surface area contributed by atoms with Gasteiger partial charge in [-0.1, -0.05) is 68.4 Å². The van der Waals surface area contributed by atoms with E-state index in [0.717, 1.165) is 24.3 Å². The zero-order valence-corrected chi connectivity index (χ0v) is 28.3. The SMILES string of the molecule is C=CC[C@@]1(C)O[C@@H](CCCO[Si](C(C)C)(C(C)C)C(C)C)[C@@H](C)C[C@@H]1O[C@H](CC#N)C(=O)N1C(=O)OC[C@@H]1C(C)C. The van der Waals surface area contributed by atoms with Crippen molar-refractivity contribution >= 4 is 20.3 Å². The van der Waals surface area contributed by atoms with Gasteiger partial charge in [-0.05, 0) is 61.1 Å². The molecule has 2 rings (SSSR count). The molecule has 6 atom stereocenters. The molecule has 8 nitrogen and oxygen atoms in total. The number of amides is 2. The Morgan fingerprint density at radius 3 is 2.32 bits per heavy atom. The molecule has 2 heterocycles. The van der Waals surface area contributed by atoms with Gasteiger partial charge < -0.3 is 18.6 Å². The standard InChI is InChI=1S/C32H56N2O6Si/c1-12-16-32(11)29(39-28(15-17-33)30(35)34-26(21(2)3)20-37-31(34)36)19-25(10)27(40-32)14-13-18-38-41(22(4)5,23(6)7)24(8)9/h12,21-29H,1,13-16,18-20H2,2-11H3/t25-,26+,27-,28+,29-,32+/m0/s1. The lowest BCUT2D eigenvalue weighted by molar-refractivity contribution is -0.226. The first-order chi connectivity index (χ1) is 19.2. The first-order valence-electron chi connectivity index (χ1n) is 15.6. The van der Waals surface area contributed by atoms with Gasteiger partial charge in [0, 0.05) is 6.61 Å². The first kappa shape index (κ1) is 35.5. The molecule has 0 unspecified atom stereocenters. The predicted molar refractivity (Wildman–Crippen MR) is 164 cm³/mol. The zero-order chi connectivity index (χ0) is 31.1. The van der Waals surface area contributed by atoms with Gasteiger partial charge in [0.05, 0.1) is 36.3 Å². The number of cyclic esters (lactones) is 1. The number of hydrogen-bond donors (Lipinski definition) is 0. The number of carbonyl (C=O) groups is 2. The van der Waals surface area contributed by atoms with Crippen molar-refractivity contribution in [2.45, 2.75) is 148 Å². The topological polar surface area (TPSA) is 98.1 Å². The van der Waals surface area contributed by atoms with Crippen molar-refractivity contribution in [1.29, 1.82) is 5.26 Å². The Kier molecular flexibility index (Phi) is 13.1. The Morgan fingerprint density at radius 2 is 1.80 bits per heavy atom. The fraction of sp³-hybridized carbons (Fsp3) is 0.844. The monoisotopic (exact) mass is 592 g/mol. The molecular formula is C32H56N2O6Si. The van der Waals surface area contributed by atoms with E-state index in [0.29, 0.717) is 29.5 Å². The van der Waals surface area contributed by atoms with Crippen molar-refractivity contribution in [2.75, 3.05) is 13.2 Å². The third kappa shape index (κ3) is 8.01. The van der Waals surface area contributed by atoms with Crippen molar-refractivity contribution in [2.24, 2.45) is 11.8 Å². The summed E-state index contributed by atoms with van der Waals surface area (Å²) in [5, 5.41) is 9.53. The van der Waals surface area contributed by atoms with Crippen LogP contribution in [0.5, 0.6) is 0 Å². The highest BCUT2D eigenvalue weighted by Crippen LogP contribution is 2.43. The fourth-order valence-corrected chi connectivity index (χ4v) is 12.6. The largest absolute Gasteiger partial charge is 0.447 e. The molecule has 0 spiro atoms. The minimum absolute atomic E-state index is 0.0145. The van der Waals surface area contributed by atoms with Crippen LogP contribution in [0.2, 0.25) is 16.6 Å². The smallest absolute Gasteiger partial charge is 0.417 e. The molecule has 41 heavy (non-hydrogen) atoms. The van der Waals surface area contributed by atoms with Crippen LogP contribution in [0.15, 0.2) is 12.7 Å². The highest BCUT2D eigenvalue weighted by molar-refractivity contribution is 6.77. The third-order valence-corrected chi connectivity index (χ3v) is 15.5. The average Bonchev–Trinajstić information content (AvgIpc) is 3.27. The molecule has 0 saturated carbocycles.